The minimum absolute atomic E-state index is 0.265. The van der Waals surface area contributed by atoms with Crippen LogP contribution in [0.5, 0.6) is 0 Å². The monoisotopic (exact) mass is 254 g/mol. The topological polar surface area (TPSA) is 79.2 Å². The van der Waals surface area contributed by atoms with E-state index in [2.05, 4.69) is 0 Å². The molecule has 1 aromatic carbocycles. The Morgan fingerprint density at radius 3 is 2.72 bits per heavy atom. The fourth-order valence-corrected chi connectivity index (χ4v) is 1.94. The zero-order valence-corrected chi connectivity index (χ0v) is 9.98. The second-order valence-corrected chi connectivity index (χ2v) is 4.39. The predicted octanol–water partition coefficient (Wildman–Crippen LogP) is 0.0323. The van der Waals surface area contributed by atoms with Crippen LogP contribution in [-0.2, 0) is 16.1 Å². The van der Waals surface area contributed by atoms with Gasteiger partial charge < -0.3 is 24.8 Å². The van der Waals surface area contributed by atoms with Crippen molar-refractivity contribution < 1.29 is 24.8 Å². The summed E-state index contributed by atoms with van der Waals surface area (Å²) in [6.45, 7) is -0.0483. The van der Waals surface area contributed by atoms with Crippen LogP contribution in [-0.4, -0.2) is 46.5 Å². The van der Waals surface area contributed by atoms with Gasteiger partial charge in [-0.15, -0.1) is 0 Å². The molecule has 0 saturated carbocycles. The van der Waals surface area contributed by atoms with Gasteiger partial charge in [-0.1, -0.05) is 30.3 Å². The summed E-state index contributed by atoms with van der Waals surface area (Å²) in [5.41, 5.74) is 0.986. The normalized spacial score (nSPS) is 29.4. The number of hydrogen-bond acceptors (Lipinski definition) is 5. The van der Waals surface area contributed by atoms with Gasteiger partial charge in [-0.05, 0) is 5.56 Å². The number of aliphatic hydroxyl groups is 3. The SMILES string of the molecule is OC[C@@H](O)[C@H]1C[C@@H](O)C(OCc2ccccc2)O1. The molecule has 2 rings (SSSR count). The molecule has 0 spiro atoms. The summed E-state index contributed by atoms with van der Waals surface area (Å²) in [5.74, 6) is 0. The third kappa shape index (κ3) is 3.28. The van der Waals surface area contributed by atoms with Crippen LogP contribution in [0.1, 0.15) is 12.0 Å². The lowest BCUT2D eigenvalue weighted by Gasteiger charge is -2.17. The number of benzene rings is 1. The Kier molecular flexibility index (Phi) is 4.68. The third-order valence-electron chi connectivity index (χ3n) is 2.97. The second kappa shape index (κ2) is 6.26. The van der Waals surface area contributed by atoms with Gasteiger partial charge in [-0.2, -0.15) is 0 Å². The largest absolute Gasteiger partial charge is 0.394 e. The van der Waals surface area contributed by atoms with Crippen LogP contribution < -0.4 is 0 Å². The Bertz CT molecular complexity index is 356. The van der Waals surface area contributed by atoms with Gasteiger partial charge in [0, 0.05) is 6.42 Å². The summed E-state index contributed by atoms with van der Waals surface area (Å²) in [6, 6.07) is 9.56. The Morgan fingerprint density at radius 2 is 2.06 bits per heavy atom. The van der Waals surface area contributed by atoms with Crippen molar-refractivity contribution in [2.24, 2.45) is 0 Å². The van der Waals surface area contributed by atoms with Crippen LogP contribution in [0.4, 0.5) is 0 Å². The van der Waals surface area contributed by atoms with Crippen molar-refractivity contribution in [2.75, 3.05) is 6.61 Å². The van der Waals surface area contributed by atoms with E-state index in [9.17, 15) is 10.2 Å². The van der Waals surface area contributed by atoms with Crippen LogP contribution in [0.3, 0.4) is 0 Å². The lowest BCUT2D eigenvalue weighted by molar-refractivity contribution is -0.186. The first kappa shape index (κ1) is 13.5. The van der Waals surface area contributed by atoms with Crippen molar-refractivity contribution in [1.82, 2.24) is 0 Å². The molecule has 5 nitrogen and oxygen atoms in total. The molecule has 1 aromatic rings. The van der Waals surface area contributed by atoms with Crippen molar-refractivity contribution in [3.63, 3.8) is 0 Å². The van der Waals surface area contributed by atoms with Crippen molar-refractivity contribution in [1.29, 1.82) is 0 Å². The maximum Gasteiger partial charge on any atom is 0.184 e. The van der Waals surface area contributed by atoms with Crippen LogP contribution in [0, 0.1) is 0 Å². The molecule has 1 aliphatic heterocycles. The van der Waals surface area contributed by atoms with E-state index in [1.807, 2.05) is 30.3 Å². The van der Waals surface area contributed by atoms with E-state index in [0.717, 1.165) is 5.56 Å². The van der Waals surface area contributed by atoms with Crippen LogP contribution in [0.25, 0.3) is 0 Å². The fraction of sp³-hybridized carbons (Fsp3) is 0.538. The molecule has 0 aliphatic carbocycles. The van der Waals surface area contributed by atoms with Gasteiger partial charge in [0.05, 0.1) is 19.3 Å². The van der Waals surface area contributed by atoms with E-state index >= 15 is 0 Å². The van der Waals surface area contributed by atoms with Crippen LogP contribution in [0.2, 0.25) is 0 Å². The third-order valence-corrected chi connectivity index (χ3v) is 2.97. The smallest absolute Gasteiger partial charge is 0.184 e. The number of rotatable bonds is 5. The first-order chi connectivity index (χ1) is 8.70. The first-order valence-corrected chi connectivity index (χ1v) is 5.98. The Balaban J connectivity index is 1.83. The fourth-order valence-electron chi connectivity index (χ4n) is 1.94. The molecule has 1 fully saturated rings. The van der Waals surface area contributed by atoms with Crippen LogP contribution >= 0.6 is 0 Å². The molecular weight excluding hydrogens is 236 g/mol. The zero-order valence-electron chi connectivity index (χ0n) is 9.98. The number of aliphatic hydroxyl groups excluding tert-OH is 3. The molecular formula is C13H18O5. The van der Waals surface area contributed by atoms with E-state index in [0.29, 0.717) is 6.61 Å². The molecule has 0 bridgehead atoms. The predicted molar refractivity (Wildman–Crippen MR) is 63.6 cm³/mol. The van der Waals surface area contributed by atoms with Gasteiger partial charge in [-0.3, -0.25) is 0 Å². The molecule has 3 N–H and O–H groups in total. The van der Waals surface area contributed by atoms with E-state index in [1.165, 1.54) is 0 Å². The highest BCUT2D eigenvalue weighted by molar-refractivity contribution is 5.13. The molecule has 5 heteroatoms. The average Bonchev–Trinajstić information content (AvgIpc) is 2.78. The molecule has 4 atom stereocenters. The van der Waals surface area contributed by atoms with Crippen LogP contribution in [0.15, 0.2) is 30.3 Å². The first-order valence-electron chi connectivity index (χ1n) is 5.98. The highest BCUT2D eigenvalue weighted by Gasteiger charge is 2.38. The highest BCUT2D eigenvalue weighted by atomic mass is 16.7. The maximum absolute atomic E-state index is 9.74. The quantitative estimate of drug-likeness (QED) is 0.691. The van der Waals surface area contributed by atoms with Gasteiger partial charge in [0.15, 0.2) is 6.29 Å². The van der Waals surface area contributed by atoms with Gasteiger partial charge in [0.1, 0.15) is 12.2 Å². The minimum Gasteiger partial charge on any atom is -0.394 e. The molecule has 0 amide bonds. The molecule has 18 heavy (non-hydrogen) atoms. The lowest BCUT2D eigenvalue weighted by Crippen LogP contribution is -2.30. The Hall–Kier alpha value is -0.980. The van der Waals surface area contributed by atoms with Crippen molar-refractivity contribution in [2.45, 2.75) is 37.6 Å². The molecule has 0 aromatic heterocycles. The van der Waals surface area contributed by atoms with E-state index < -0.39 is 24.6 Å². The molecule has 1 unspecified atom stereocenters. The van der Waals surface area contributed by atoms with Gasteiger partial charge in [-0.25, -0.2) is 0 Å². The second-order valence-electron chi connectivity index (χ2n) is 4.39. The van der Waals surface area contributed by atoms with E-state index in [1.54, 1.807) is 0 Å². The summed E-state index contributed by atoms with van der Waals surface area (Å²) in [4.78, 5) is 0. The molecule has 1 saturated heterocycles. The number of ether oxygens (including phenoxy) is 2. The molecule has 100 valence electrons. The highest BCUT2D eigenvalue weighted by Crippen LogP contribution is 2.24. The van der Waals surface area contributed by atoms with Gasteiger partial charge in [0.25, 0.3) is 0 Å². The summed E-state index contributed by atoms with van der Waals surface area (Å²) < 4.78 is 10.8. The Morgan fingerprint density at radius 1 is 1.33 bits per heavy atom. The summed E-state index contributed by atoms with van der Waals surface area (Å²) >= 11 is 0. The molecule has 1 heterocycles. The standard InChI is InChI=1S/C13H18O5/c14-7-11(16)12-6-10(15)13(18-12)17-8-9-4-2-1-3-5-9/h1-5,10-16H,6-8H2/t10-,11-,12-,13?/m1/s1. The van der Waals surface area contributed by atoms with Crippen molar-refractivity contribution >= 4 is 0 Å². The Labute approximate surface area is 106 Å². The molecule has 0 radical (unpaired) electrons. The van der Waals surface area contributed by atoms with Gasteiger partial charge >= 0.3 is 0 Å². The van der Waals surface area contributed by atoms with Crippen molar-refractivity contribution in [3.05, 3.63) is 35.9 Å². The van der Waals surface area contributed by atoms with Gasteiger partial charge in [0.2, 0.25) is 0 Å². The average molecular weight is 254 g/mol. The summed E-state index contributed by atoms with van der Waals surface area (Å²) in [6.07, 6.45) is -2.83. The van der Waals surface area contributed by atoms with Crippen molar-refractivity contribution in [3.8, 4) is 0 Å². The summed E-state index contributed by atoms with van der Waals surface area (Å²) in [5, 5.41) is 28.0. The maximum atomic E-state index is 9.74. The molecule has 1 aliphatic rings. The van der Waals surface area contributed by atoms with E-state index in [-0.39, 0.29) is 13.0 Å². The zero-order chi connectivity index (χ0) is 13.0. The lowest BCUT2D eigenvalue weighted by atomic mass is 10.1. The van der Waals surface area contributed by atoms with E-state index in [4.69, 9.17) is 14.6 Å². The number of hydrogen-bond donors (Lipinski definition) is 3. The summed E-state index contributed by atoms with van der Waals surface area (Å²) in [7, 11) is 0. The minimum atomic E-state index is -0.982.